The Hall–Kier alpha value is -8.21. The Kier molecular flexibility index (Phi) is 15.2. The molecule has 3 aromatic carbocycles. The van der Waals surface area contributed by atoms with Gasteiger partial charge in [0.2, 0.25) is 0 Å². The third-order valence-electron chi connectivity index (χ3n) is 13.2. The number of alkyl carbamates (subject to hydrolysis) is 1. The van der Waals surface area contributed by atoms with Crippen LogP contribution in [-0.2, 0) is 48.7 Å². The van der Waals surface area contributed by atoms with Crippen molar-refractivity contribution in [1.29, 1.82) is 0 Å². The van der Waals surface area contributed by atoms with E-state index in [1.165, 1.54) is 11.2 Å². The number of rotatable bonds is 19. The fourth-order valence-electron chi connectivity index (χ4n) is 9.62. The zero-order valence-electron chi connectivity index (χ0n) is 44.9. The topological polar surface area (TPSA) is 237 Å². The zero-order chi connectivity index (χ0) is 54.9. The molecule has 2 aliphatic heterocycles. The number of benzene rings is 3. The Morgan fingerprint density at radius 1 is 0.870 bits per heavy atom. The highest BCUT2D eigenvalue weighted by atomic mass is 16.8. The summed E-state index contributed by atoms with van der Waals surface area (Å²) in [7, 11) is 10.1. The van der Waals surface area contributed by atoms with Gasteiger partial charge in [0.15, 0.2) is 18.1 Å². The summed E-state index contributed by atoms with van der Waals surface area (Å²) < 4.78 is 51.2. The van der Waals surface area contributed by atoms with Gasteiger partial charge in [-0.05, 0) is 95.6 Å². The number of ether oxygens (including phenoxy) is 8. The highest BCUT2D eigenvalue weighted by Gasteiger charge is 2.59. The standard InChI is InChI=1S/C55H64N10O12/c1-54(2,3)77-53(69)60-39(52(67)68)21-23-64(34-16-12-31-15-19-43(59-40(31)24-34)62(6)28-33-14-18-36(71-9)26-42(33)73-11)50(66)46-45-47(76-55(4,5)75-45)51(74-46)65-29-37(38-20-22-63(7)61-38)44-48(57-30-58-49(44)65)56-27-32-13-17-35(70-8)25-41(32)72-10/h12-20,22,24-26,29-30,39,45-47,51H,21,23,27-28H2,1-11H3,(H,60,69)(H,67,68)(H,56,57,58)/t39?,45-,46+,47-,51-/m1/s1. The summed E-state index contributed by atoms with van der Waals surface area (Å²) in [6.07, 6.45) is -0.147. The highest BCUT2D eigenvalue weighted by molar-refractivity contribution is 6.01. The van der Waals surface area contributed by atoms with Crippen LogP contribution in [0.5, 0.6) is 23.0 Å². The molecule has 77 heavy (non-hydrogen) atoms. The molecule has 9 rings (SSSR count). The van der Waals surface area contributed by atoms with Crippen molar-refractivity contribution in [3.05, 3.63) is 103 Å². The van der Waals surface area contributed by atoms with Crippen molar-refractivity contribution in [2.24, 2.45) is 7.05 Å². The fourth-order valence-corrected chi connectivity index (χ4v) is 9.62. The van der Waals surface area contributed by atoms with Crippen LogP contribution in [0.3, 0.4) is 0 Å². The van der Waals surface area contributed by atoms with E-state index in [-0.39, 0.29) is 13.0 Å². The summed E-state index contributed by atoms with van der Waals surface area (Å²) in [5.74, 6) is 0.679. The van der Waals surface area contributed by atoms with Gasteiger partial charge in [0.1, 0.15) is 70.5 Å². The van der Waals surface area contributed by atoms with Crippen molar-refractivity contribution >= 4 is 57.2 Å². The van der Waals surface area contributed by atoms with Gasteiger partial charge < -0.3 is 68.0 Å². The smallest absolute Gasteiger partial charge is 0.408 e. The van der Waals surface area contributed by atoms with Gasteiger partial charge in [0.05, 0.1) is 45.0 Å². The number of anilines is 3. The van der Waals surface area contributed by atoms with Crippen LogP contribution >= 0.6 is 0 Å². The number of carboxylic acids is 1. The predicted octanol–water partition coefficient (Wildman–Crippen LogP) is 7.48. The first-order valence-electron chi connectivity index (χ1n) is 24.9. The van der Waals surface area contributed by atoms with Gasteiger partial charge in [-0.15, -0.1) is 0 Å². The van der Waals surface area contributed by atoms with Crippen molar-refractivity contribution in [3.8, 4) is 34.3 Å². The minimum atomic E-state index is -1.45. The second-order valence-corrected chi connectivity index (χ2v) is 20.2. The van der Waals surface area contributed by atoms with Crippen molar-refractivity contribution in [2.45, 2.75) is 96.1 Å². The van der Waals surface area contributed by atoms with E-state index in [0.717, 1.165) is 16.5 Å². The summed E-state index contributed by atoms with van der Waals surface area (Å²) in [5, 5.41) is 22.5. The molecule has 0 saturated carbocycles. The minimum Gasteiger partial charge on any atom is -0.497 e. The molecule has 7 aromatic rings. The Labute approximate surface area is 445 Å². The van der Waals surface area contributed by atoms with Crippen molar-refractivity contribution in [3.63, 3.8) is 0 Å². The molecular formula is C55H64N10O12. The molecule has 4 aromatic heterocycles. The summed E-state index contributed by atoms with van der Waals surface area (Å²) in [6.45, 7) is 9.13. The third kappa shape index (κ3) is 11.5. The van der Waals surface area contributed by atoms with E-state index in [2.05, 4.69) is 10.6 Å². The normalized spacial score (nSPS) is 18.1. The number of aliphatic carboxylic acids is 1. The predicted molar refractivity (Wildman–Crippen MR) is 285 cm³/mol. The molecule has 0 radical (unpaired) electrons. The first-order chi connectivity index (χ1) is 36.8. The first kappa shape index (κ1) is 53.6. The minimum absolute atomic E-state index is 0.197. The number of nitrogens with zero attached hydrogens (tertiary/aromatic N) is 8. The average Bonchev–Trinajstić information content (AvgIpc) is 4.30. The lowest BCUT2D eigenvalue weighted by molar-refractivity contribution is -0.196. The number of pyridine rings is 1. The molecule has 406 valence electrons. The lowest BCUT2D eigenvalue weighted by Crippen LogP contribution is -2.49. The molecule has 0 aliphatic carbocycles. The first-order valence-corrected chi connectivity index (χ1v) is 24.9. The number of carbonyl (C=O) groups is 3. The van der Waals surface area contributed by atoms with E-state index in [9.17, 15) is 14.7 Å². The average molecular weight is 1060 g/mol. The van der Waals surface area contributed by atoms with Gasteiger partial charge in [-0.3, -0.25) is 9.48 Å². The molecule has 6 heterocycles. The van der Waals surface area contributed by atoms with E-state index in [0.29, 0.717) is 81.2 Å². The van der Waals surface area contributed by atoms with Gasteiger partial charge in [-0.1, -0.05) is 6.07 Å². The van der Waals surface area contributed by atoms with Crippen LogP contribution in [0, 0.1) is 0 Å². The molecule has 0 spiro atoms. The Morgan fingerprint density at radius 3 is 2.22 bits per heavy atom. The van der Waals surface area contributed by atoms with Crippen LogP contribution < -0.4 is 39.4 Å². The van der Waals surface area contributed by atoms with Crippen LogP contribution in [-0.4, -0.2) is 130 Å². The maximum Gasteiger partial charge on any atom is 0.408 e. The third-order valence-corrected chi connectivity index (χ3v) is 13.2. The monoisotopic (exact) mass is 1060 g/mol. The van der Waals surface area contributed by atoms with Gasteiger partial charge in [0.25, 0.3) is 5.91 Å². The second kappa shape index (κ2) is 21.8. The number of amides is 2. The van der Waals surface area contributed by atoms with Gasteiger partial charge in [0, 0.05) is 86.0 Å². The van der Waals surface area contributed by atoms with E-state index in [1.807, 2.05) is 96.6 Å². The van der Waals surface area contributed by atoms with Crippen LogP contribution in [0.2, 0.25) is 0 Å². The van der Waals surface area contributed by atoms with Crippen LogP contribution in [0.25, 0.3) is 33.2 Å². The Bertz CT molecular complexity index is 3320. The Balaban J connectivity index is 1.08. The molecule has 1 unspecified atom stereocenters. The van der Waals surface area contributed by atoms with Crippen molar-refractivity contribution in [1.82, 2.24) is 34.6 Å². The highest BCUT2D eigenvalue weighted by Crippen LogP contribution is 2.47. The Morgan fingerprint density at radius 2 is 1.56 bits per heavy atom. The lowest BCUT2D eigenvalue weighted by Gasteiger charge is -2.30. The molecule has 2 amide bonds. The number of hydrogen-bond acceptors (Lipinski definition) is 17. The van der Waals surface area contributed by atoms with Crippen LogP contribution in [0.15, 0.2) is 91.5 Å². The van der Waals surface area contributed by atoms with Crippen molar-refractivity contribution < 1.29 is 57.4 Å². The molecular weight excluding hydrogens is 993 g/mol. The lowest BCUT2D eigenvalue weighted by atomic mass is 10.1. The van der Waals surface area contributed by atoms with E-state index >= 15 is 4.79 Å². The maximum absolute atomic E-state index is 15.6. The molecule has 5 atom stereocenters. The number of methoxy groups -OCH3 is 4. The second-order valence-electron chi connectivity index (χ2n) is 20.2. The number of aryl methyl sites for hydroxylation is 1. The van der Waals surface area contributed by atoms with E-state index < -0.39 is 59.9 Å². The van der Waals surface area contributed by atoms with Gasteiger partial charge in [-0.2, -0.15) is 5.10 Å². The summed E-state index contributed by atoms with van der Waals surface area (Å²) >= 11 is 0. The van der Waals surface area contributed by atoms with E-state index in [4.69, 9.17) is 57.9 Å². The van der Waals surface area contributed by atoms with E-state index in [1.54, 1.807) is 79.9 Å². The number of hydrogen-bond donors (Lipinski definition) is 3. The van der Waals surface area contributed by atoms with Crippen LogP contribution in [0.1, 0.15) is 58.4 Å². The molecule has 3 N–H and O–H groups in total. The van der Waals surface area contributed by atoms with Crippen molar-refractivity contribution in [2.75, 3.05) is 57.1 Å². The summed E-state index contributed by atoms with van der Waals surface area (Å²) in [6, 6.07) is 20.8. The summed E-state index contributed by atoms with van der Waals surface area (Å²) in [5.41, 5.74) is 3.54. The number of carboxylic acid groups (broad SMARTS) is 1. The van der Waals surface area contributed by atoms with Gasteiger partial charge in [-0.25, -0.2) is 24.5 Å². The maximum atomic E-state index is 15.6. The number of fused-ring (bicyclic) bond motifs is 3. The molecule has 22 heteroatoms. The number of aromatic nitrogens is 6. The molecule has 2 fully saturated rings. The molecule has 2 saturated heterocycles. The summed E-state index contributed by atoms with van der Waals surface area (Å²) in [4.78, 5) is 59.3. The van der Waals surface area contributed by atoms with Crippen LogP contribution in [0.4, 0.5) is 22.1 Å². The largest absolute Gasteiger partial charge is 0.497 e. The quantitative estimate of drug-likeness (QED) is 0.0711. The zero-order valence-corrected chi connectivity index (χ0v) is 44.9. The number of carbonyl (C=O) groups excluding carboxylic acids is 2. The SMILES string of the molecule is COc1ccc(CNc2ncnc3c2c(-c2ccn(C)n2)cn3[C@@H]2O[C@H](C(=O)N(CCC(NC(=O)OC(C)(C)C)C(=O)O)c3ccc4ccc(N(C)Cc5ccc(OC)cc5OC)nc4c3)[C@H]3OC(C)(C)O[C@H]32)c(OC)c1. The molecule has 22 nitrogen and oxygen atoms in total. The molecule has 2 aliphatic rings. The number of nitrogens with one attached hydrogen (secondary N) is 2. The fraction of sp³-hybridized carbons (Fsp3) is 0.400. The molecule has 0 bridgehead atoms. The van der Waals surface area contributed by atoms with Gasteiger partial charge >= 0.3 is 12.1 Å².